The van der Waals surface area contributed by atoms with Crippen LogP contribution in [0.1, 0.15) is 35.8 Å². The third kappa shape index (κ3) is 3.11. The van der Waals surface area contributed by atoms with Gasteiger partial charge in [0, 0.05) is 32.9 Å². The molecule has 2 rings (SSSR count). The molecule has 5 heteroatoms. The van der Waals surface area contributed by atoms with Crippen LogP contribution in [0.3, 0.4) is 0 Å². The zero-order valence-electron chi connectivity index (χ0n) is 11.6. The lowest BCUT2D eigenvalue weighted by Gasteiger charge is -2.39. The van der Waals surface area contributed by atoms with E-state index in [1.165, 1.54) is 0 Å². The molecule has 2 N–H and O–H groups in total. The van der Waals surface area contributed by atoms with E-state index in [-0.39, 0.29) is 11.5 Å². The van der Waals surface area contributed by atoms with E-state index in [0.29, 0.717) is 18.8 Å². The summed E-state index contributed by atoms with van der Waals surface area (Å²) < 4.78 is 5.50. The molecular formula is C14H21N3O2. The molecule has 5 nitrogen and oxygen atoms in total. The topological polar surface area (TPSA) is 68.5 Å². The third-order valence-corrected chi connectivity index (χ3v) is 3.72. The second-order valence-electron chi connectivity index (χ2n) is 5.24. The van der Waals surface area contributed by atoms with Gasteiger partial charge < -0.3 is 15.4 Å². The second kappa shape index (κ2) is 5.67. The number of hydrogen-bond donors (Lipinski definition) is 1. The van der Waals surface area contributed by atoms with Gasteiger partial charge in [-0.05, 0) is 31.4 Å². The van der Waals surface area contributed by atoms with Crippen molar-refractivity contribution in [3.8, 4) is 0 Å². The maximum Gasteiger partial charge on any atom is 0.272 e. The largest absolute Gasteiger partial charge is 0.377 e. The van der Waals surface area contributed by atoms with Crippen molar-refractivity contribution in [2.45, 2.75) is 31.9 Å². The Balaban J connectivity index is 2.10. The Morgan fingerprint density at radius 3 is 2.95 bits per heavy atom. The van der Waals surface area contributed by atoms with E-state index < -0.39 is 0 Å². The summed E-state index contributed by atoms with van der Waals surface area (Å²) in [6.45, 7) is 3.85. The van der Waals surface area contributed by atoms with Gasteiger partial charge in [-0.15, -0.1) is 0 Å². The highest BCUT2D eigenvalue weighted by Gasteiger charge is 2.33. The number of nitrogens with zero attached hydrogens (tertiary/aromatic N) is 2. The molecule has 0 saturated carbocycles. The lowest BCUT2D eigenvalue weighted by molar-refractivity contribution is -0.0441. The molecule has 1 fully saturated rings. The molecule has 0 aliphatic carbocycles. The van der Waals surface area contributed by atoms with Crippen LogP contribution >= 0.6 is 0 Å². The Bertz CT molecular complexity index is 447. The molecular weight excluding hydrogens is 242 g/mol. The van der Waals surface area contributed by atoms with Gasteiger partial charge in [0.2, 0.25) is 0 Å². The molecule has 0 radical (unpaired) electrons. The Kier molecular flexibility index (Phi) is 4.17. The van der Waals surface area contributed by atoms with Gasteiger partial charge in [-0.2, -0.15) is 0 Å². The molecule has 1 unspecified atom stereocenters. The van der Waals surface area contributed by atoms with Crippen LogP contribution in [-0.2, 0) is 11.3 Å². The lowest BCUT2D eigenvalue weighted by atomic mass is 9.94. The highest BCUT2D eigenvalue weighted by molar-refractivity contribution is 5.92. The molecule has 0 spiro atoms. The minimum Gasteiger partial charge on any atom is -0.377 e. The van der Waals surface area contributed by atoms with Crippen LogP contribution in [0.25, 0.3) is 0 Å². The van der Waals surface area contributed by atoms with E-state index in [1.807, 2.05) is 17.9 Å². The summed E-state index contributed by atoms with van der Waals surface area (Å²) in [4.78, 5) is 18.4. The van der Waals surface area contributed by atoms with Crippen LogP contribution in [-0.4, -0.2) is 41.6 Å². The summed E-state index contributed by atoms with van der Waals surface area (Å²) in [6, 6.07) is 3.59. The van der Waals surface area contributed by atoms with Crippen molar-refractivity contribution in [1.29, 1.82) is 0 Å². The van der Waals surface area contributed by atoms with E-state index in [1.54, 1.807) is 19.4 Å². The van der Waals surface area contributed by atoms with Crippen LogP contribution in [0.15, 0.2) is 18.3 Å². The van der Waals surface area contributed by atoms with Crippen LogP contribution < -0.4 is 5.73 Å². The van der Waals surface area contributed by atoms with E-state index in [4.69, 9.17) is 10.5 Å². The molecule has 1 atom stereocenters. The van der Waals surface area contributed by atoms with Crippen molar-refractivity contribution in [2.75, 3.05) is 20.2 Å². The summed E-state index contributed by atoms with van der Waals surface area (Å²) in [7, 11) is 1.70. The number of likely N-dealkylation sites (tertiary alicyclic amines) is 1. The minimum absolute atomic E-state index is 0.0356. The van der Waals surface area contributed by atoms with Gasteiger partial charge in [0.1, 0.15) is 5.69 Å². The predicted octanol–water partition coefficient (Wildman–Crippen LogP) is 1.18. The van der Waals surface area contributed by atoms with E-state index in [2.05, 4.69) is 4.98 Å². The molecule has 2 heterocycles. The average molecular weight is 263 g/mol. The number of rotatable bonds is 3. The molecule has 1 aliphatic heterocycles. The minimum atomic E-state index is -0.245. The maximum atomic E-state index is 12.4. The number of methoxy groups -OCH3 is 1. The van der Waals surface area contributed by atoms with Crippen molar-refractivity contribution >= 4 is 5.91 Å². The normalized spacial score (nSPS) is 23.4. The molecule has 1 aliphatic rings. The molecule has 104 valence electrons. The molecule has 1 aromatic heterocycles. The van der Waals surface area contributed by atoms with Crippen LogP contribution in [0.5, 0.6) is 0 Å². The summed E-state index contributed by atoms with van der Waals surface area (Å²) in [5.41, 5.74) is 6.67. The highest BCUT2D eigenvalue weighted by atomic mass is 16.5. The quantitative estimate of drug-likeness (QED) is 0.889. The Hall–Kier alpha value is -1.46. The third-order valence-electron chi connectivity index (χ3n) is 3.72. The number of aromatic nitrogens is 1. The lowest BCUT2D eigenvalue weighted by Crippen LogP contribution is -2.49. The zero-order valence-corrected chi connectivity index (χ0v) is 11.6. The first-order valence-electron chi connectivity index (χ1n) is 6.57. The van der Waals surface area contributed by atoms with Crippen LogP contribution in [0, 0.1) is 0 Å². The first kappa shape index (κ1) is 14.0. The number of ether oxygens (including phenoxy) is 1. The van der Waals surface area contributed by atoms with Crippen molar-refractivity contribution in [3.63, 3.8) is 0 Å². The van der Waals surface area contributed by atoms with Gasteiger partial charge in [-0.3, -0.25) is 9.78 Å². The fourth-order valence-corrected chi connectivity index (χ4v) is 2.38. The maximum absolute atomic E-state index is 12.4. The standard InChI is InChI=1S/C14H21N3O2/c1-14(19-2)6-3-7-17(10-14)13(18)12-5-4-11(8-15)9-16-12/h4-5,9H,3,6-8,10,15H2,1-2H3. The van der Waals surface area contributed by atoms with E-state index in [9.17, 15) is 4.79 Å². The van der Waals surface area contributed by atoms with E-state index >= 15 is 0 Å². The first-order chi connectivity index (χ1) is 9.08. The number of piperidine rings is 1. The number of carbonyl (C=O) groups is 1. The van der Waals surface area contributed by atoms with E-state index in [0.717, 1.165) is 24.9 Å². The molecule has 1 amide bonds. The van der Waals surface area contributed by atoms with Crippen molar-refractivity contribution in [1.82, 2.24) is 9.88 Å². The molecule has 1 aromatic rings. The van der Waals surface area contributed by atoms with Crippen molar-refractivity contribution in [2.24, 2.45) is 5.73 Å². The average Bonchev–Trinajstić information content (AvgIpc) is 2.46. The number of amides is 1. The summed E-state index contributed by atoms with van der Waals surface area (Å²) >= 11 is 0. The summed E-state index contributed by atoms with van der Waals surface area (Å²) in [6.07, 6.45) is 3.59. The van der Waals surface area contributed by atoms with Gasteiger partial charge in [0.15, 0.2) is 0 Å². The smallest absolute Gasteiger partial charge is 0.272 e. The predicted molar refractivity (Wildman–Crippen MR) is 72.7 cm³/mol. The second-order valence-corrected chi connectivity index (χ2v) is 5.24. The SMILES string of the molecule is COC1(C)CCCN(C(=O)c2ccc(CN)cn2)C1. The molecule has 0 aromatic carbocycles. The van der Waals surface area contributed by atoms with Gasteiger partial charge in [0.25, 0.3) is 5.91 Å². The number of carbonyl (C=O) groups excluding carboxylic acids is 1. The van der Waals surface area contributed by atoms with Gasteiger partial charge in [-0.25, -0.2) is 0 Å². The van der Waals surface area contributed by atoms with Gasteiger partial charge in [0.05, 0.1) is 5.60 Å². The Morgan fingerprint density at radius 2 is 2.37 bits per heavy atom. The first-order valence-corrected chi connectivity index (χ1v) is 6.57. The highest BCUT2D eigenvalue weighted by Crippen LogP contribution is 2.24. The molecule has 0 bridgehead atoms. The van der Waals surface area contributed by atoms with Crippen LogP contribution in [0.2, 0.25) is 0 Å². The number of nitrogens with two attached hydrogens (primary N) is 1. The number of hydrogen-bond acceptors (Lipinski definition) is 4. The van der Waals surface area contributed by atoms with Gasteiger partial charge in [-0.1, -0.05) is 6.07 Å². The molecule has 1 saturated heterocycles. The van der Waals surface area contributed by atoms with Crippen molar-refractivity contribution < 1.29 is 9.53 Å². The Morgan fingerprint density at radius 1 is 1.58 bits per heavy atom. The van der Waals surface area contributed by atoms with Crippen LogP contribution in [0.4, 0.5) is 0 Å². The van der Waals surface area contributed by atoms with Gasteiger partial charge >= 0.3 is 0 Å². The summed E-state index contributed by atoms with van der Waals surface area (Å²) in [5, 5.41) is 0. The zero-order chi connectivity index (χ0) is 13.9. The molecule has 19 heavy (non-hydrogen) atoms. The fraction of sp³-hybridized carbons (Fsp3) is 0.571. The van der Waals surface area contributed by atoms with Crippen molar-refractivity contribution in [3.05, 3.63) is 29.6 Å². The fourth-order valence-electron chi connectivity index (χ4n) is 2.38. The number of pyridine rings is 1. The monoisotopic (exact) mass is 263 g/mol. The Labute approximate surface area is 113 Å². The summed E-state index contributed by atoms with van der Waals surface area (Å²) in [5.74, 6) is -0.0356.